The zero-order valence-corrected chi connectivity index (χ0v) is 15.9. The van der Waals surface area contributed by atoms with Crippen LogP contribution in [0.15, 0.2) is 47.4 Å². The Bertz CT molecular complexity index is 986. The summed E-state index contributed by atoms with van der Waals surface area (Å²) < 4.78 is 11.1. The third-order valence-corrected chi connectivity index (χ3v) is 5.57. The molecule has 2 aromatic carbocycles. The largest absolute Gasteiger partial charge is 0.454 e. The maximum atomic E-state index is 12.4. The summed E-state index contributed by atoms with van der Waals surface area (Å²) >= 11 is 6.38. The quantitative estimate of drug-likeness (QED) is 0.631. The van der Waals surface area contributed by atoms with Crippen LogP contribution in [0.5, 0.6) is 11.5 Å². The first-order chi connectivity index (χ1) is 13.0. The van der Waals surface area contributed by atoms with Gasteiger partial charge in [0.1, 0.15) is 4.32 Å². The predicted octanol–water partition coefficient (Wildman–Crippen LogP) is 3.50. The van der Waals surface area contributed by atoms with Crippen LogP contribution in [0.1, 0.15) is 15.9 Å². The number of thioether (sulfide) groups is 1. The fourth-order valence-corrected chi connectivity index (χ4v) is 3.78. The number of thiocarbonyl (C=S) groups is 1. The summed E-state index contributed by atoms with van der Waals surface area (Å²) in [4.78, 5) is 26.5. The van der Waals surface area contributed by atoms with E-state index in [0.29, 0.717) is 32.0 Å². The van der Waals surface area contributed by atoms with E-state index >= 15 is 0 Å². The summed E-state index contributed by atoms with van der Waals surface area (Å²) in [6, 6.07) is 12.2. The molecule has 0 bridgehead atoms. The second kappa shape index (κ2) is 7.05. The van der Waals surface area contributed by atoms with Gasteiger partial charge in [0.05, 0.1) is 4.91 Å². The average Bonchev–Trinajstić information content (AvgIpc) is 3.22. The highest BCUT2D eigenvalue weighted by Crippen LogP contribution is 2.34. The molecule has 2 heterocycles. The van der Waals surface area contributed by atoms with E-state index in [4.69, 9.17) is 21.7 Å². The lowest BCUT2D eigenvalue weighted by Crippen LogP contribution is -2.22. The molecular formula is C19H14N2O4S2. The lowest BCUT2D eigenvalue weighted by atomic mass is 10.1. The monoisotopic (exact) mass is 398 g/mol. The molecule has 2 amide bonds. The summed E-state index contributed by atoms with van der Waals surface area (Å²) in [6.07, 6.45) is 1.77. The van der Waals surface area contributed by atoms with Crippen molar-refractivity contribution in [3.05, 3.63) is 58.5 Å². The van der Waals surface area contributed by atoms with E-state index in [0.717, 1.165) is 5.56 Å². The van der Waals surface area contributed by atoms with Crippen LogP contribution in [0.4, 0.5) is 5.69 Å². The van der Waals surface area contributed by atoms with Crippen LogP contribution in [-0.2, 0) is 4.79 Å². The topological polar surface area (TPSA) is 67.9 Å². The van der Waals surface area contributed by atoms with E-state index in [2.05, 4.69) is 5.32 Å². The maximum absolute atomic E-state index is 12.4. The third kappa shape index (κ3) is 3.54. The van der Waals surface area contributed by atoms with Crippen molar-refractivity contribution in [3.8, 4) is 11.5 Å². The van der Waals surface area contributed by atoms with Crippen LogP contribution in [0.2, 0.25) is 0 Å². The molecule has 0 aliphatic carbocycles. The minimum atomic E-state index is -0.236. The van der Waals surface area contributed by atoms with Gasteiger partial charge in [-0.25, -0.2) is 0 Å². The molecule has 0 radical (unpaired) electrons. The molecule has 6 nitrogen and oxygen atoms in total. The second-order valence-corrected chi connectivity index (χ2v) is 7.56. The molecule has 0 spiro atoms. The maximum Gasteiger partial charge on any atom is 0.265 e. The number of nitrogens with one attached hydrogen (secondary N) is 1. The van der Waals surface area contributed by atoms with Crippen molar-refractivity contribution in [2.75, 3.05) is 19.2 Å². The normalized spacial score (nSPS) is 16.9. The number of likely N-dealkylation sites (N-methyl/N-ethyl adjacent to an activating group) is 1. The predicted molar refractivity (Wildman–Crippen MR) is 108 cm³/mol. The lowest BCUT2D eigenvalue weighted by molar-refractivity contribution is -0.121. The van der Waals surface area contributed by atoms with E-state index in [9.17, 15) is 9.59 Å². The molecule has 1 saturated heterocycles. The molecule has 8 heteroatoms. The minimum absolute atomic E-state index is 0.116. The number of nitrogens with zero attached hydrogens (tertiary/aromatic N) is 1. The van der Waals surface area contributed by atoms with Gasteiger partial charge in [-0.05, 0) is 35.9 Å². The summed E-state index contributed by atoms with van der Waals surface area (Å²) in [5.41, 5.74) is 1.95. The van der Waals surface area contributed by atoms with Crippen LogP contribution in [0.3, 0.4) is 0 Å². The Kier molecular flexibility index (Phi) is 4.59. The first-order valence-electron chi connectivity index (χ1n) is 8.04. The molecule has 0 atom stereocenters. The average molecular weight is 398 g/mol. The van der Waals surface area contributed by atoms with E-state index in [1.165, 1.54) is 16.7 Å². The fourth-order valence-electron chi connectivity index (χ4n) is 2.61. The number of carbonyl (C=O) groups is 2. The lowest BCUT2D eigenvalue weighted by Gasteiger charge is -2.07. The number of fused-ring (bicyclic) bond motifs is 1. The minimum Gasteiger partial charge on any atom is -0.454 e. The van der Waals surface area contributed by atoms with Crippen LogP contribution in [0.25, 0.3) is 6.08 Å². The SMILES string of the molecule is CN1C(=O)C(=Cc2ccc(C(=O)Nc3ccc4c(c3)OCO4)cc2)SC1=S. The number of anilines is 1. The second-order valence-electron chi connectivity index (χ2n) is 5.88. The van der Waals surface area contributed by atoms with E-state index in [1.807, 2.05) is 0 Å². The first kappa shape index (κ1) is 17.6. The highest BCUT2D eigenvalue weighted by Gasteiger charge is 2.28. The van der Waals surface area contributed by atoms with Crippen molar-refractivity contribution in [1.29, 1.82) is 0 Å². The van der Waals surface area contributed by atoms with Gasteiger partial charge in [0, 0.05) is 24.4 Å². The number of amides is 2. The van der Waals surface area contributed by atoms with Crippen molar-refractivity contribution in [1.82, 2.24) is 4.90 Å². The van der Waals surface area contributed by atoms with Gasteiger partial charge in [0.2, 0.25) is 6.79 Å². The van der Waals surface area contributed by atoms with Crippen molar-refractivity contribution in [3.63, 3.8) is 0 Å². The standard InChI is InChI=1S/C19H14N2O4S2/c1-21-18(23)16(27-19(21)26)8-11-2-4-12(5-3-11)17(22)20-13-6-7-14-15(9-13)25-10-24-14/h2-9H,10H2,1H3,(H,20,22). The molecule has 0 aromatic heterocycles. The zero-order valence-electron chi connectivity index (χ0n) is 14.2. The van der Waals surface area contributed by atoms with E-state index in [1.54, 1.807) is 55.6 Å². The third-order valence-electron chi connectivity index (χ3n) is 4.09. The van der Waals surface area contributed by atoms with Gasteiger partial charge in [-0.15, -0.1) is 0 Å². The molecule has 2 aromatic rings. The Morgan fingerprint density at radius 2 is 1.93 bits per heavy atom. The number of hydrogen-bond donors (Lipinski definition) is 1. The smallest absolute Gasteiger partial charge is 0.265 e. The number of rotatable bonds is 3. The molecule has 4 rings (SSSR count). The molecule has 2 aliphatic rings. The van der Waals surface area contributed by atoms with Gasteiger partial charge < -0.3 is 14.8 Å². The van der Waals surface area contributed by atoms with Crippen LogP contribution < -0.4 is 14.8 Å². The zero-order chi connectivity index (χ0) is 19.0. The number of benzene rings is 2. The number of ether oxygens (including phenoxy) is 2. The van der Waals surface area contributed by atoms with Gasteiger partial charge in [-0.2, -0.15) is 0 Å². The summed E-state index contributed by atoms with van der Waals surface area (Å²) in [5.74, 6) is 0.918. The molecule has 2 aliphatic heterocycles. The number of carbonyl (C=O) groups excluding carboxylic acids is 2. The fraction of sp³-hybridized carbons (Fsp3) is 0.105. The van der Waals surface area contributed by atoms with Crippen molar-refractivity contribution < 1.29 is 19.1 Å². The van der Waals surface area contributed by atoms with Gasteiger partial charge >= 0.3 is 0 Å². The van der Waals surface area contributed by atoms with Crippen LogP contribution >= 0.6 is 24.0 Å². The summed E-state index contributed by atoms with van der Waals surface area (Å²) in [6.45, 7) is 0.186. The Morgan fingerprint density at radius 3 is 2.63 bits per heavy atom. The Hall–Kier alpha value is -2.84. The van der Waals surface area contributed by atoms with Crippen molar-refractivity contribution in [2.24, 2.45) is 0 Å². The molecular weight excluding hydrogens is 384 g/mol. The number of hydrogen-bond acceptors (Lipinski definition) is 6. The van der Waals surface area contributed by atoms with Gasteiger partial charge in [0.25, 0.3) is 11.8 Å². The summed E-state index contributed by atoms with van der Waals surface area (Å²) in [7, 11) is 1.65. The highest BCUT2D eigenvalue weighted by atomic mass is 32.2. The van der Waals surface area contributed by atoms with Gasteiger partial charge in [-0.1, -0.05) is 36.1 Å². The van der Waals surface area contributed by atoms with E-state index in [-0.39, 0.29) is 18.6 Å². The Balaban J connectivity index is 1.46. The van der Waals surface area contributed by atoms with Crippen molar-refractivity contribution >= 4 is 51.9 Å². The molecule has 1 N–H and O–H groups in total. The van der Waals surface area contributed by atoms with Gasteiger partial charge in [-0.3, -0.25) is 14.5 Å². The molecule has 136 valence electrons. The molecule has 1 fully saturated rings. The van der Waals surface area contributed by atoms with Gasteiger partial charge in [0.15, 0.2) is 11.5 Å². The van der Waals surface area contributed by atoms with E-state index < -0.39 is 0 Å². The highest BCUT2D eigenvalue weighted by molar-refractivity contribution is 8.26. The molecule has 27 heavy (non-hydrogen) atoms. The Labute approximate surface area is 165 Å². The van der Waals surface area contributed by atoms with Crippen LogP contribution in [0, 0.1) is 0 Å². The molecule has 0 unspecified atom stereocenters. The Morgan fingerprint density at radius 1 is 1.19 bits per heavy atom. The van der Waals surface area contributed by atoms with Crippen LogP contribution in [-0.4, -0.2) is 34.9 Å². The van der Waals surface area contributed by atoms with Crippen molar-refractivity contribution in [2.45, 2.75) is 0 Å². The molecule has 0 saturated carbocycles. The first-order valence-corrected chi connectivity index (χ1v) is 9.26. The summed E-state index contributed by atoms with van der Waals surface area (Å²) in [5, 5.41) is 2.83.